The summed E-state index contributed by atoms with van der Waals surface area (Å²) >= 11 is 0. The topological polar surface area (TPSA) is 181 Å². The Morgan fingerprint density at radius 1 is 0.825 bits per heavy atom. The molecule has 0 spiro atoms. The lowest BCUT2D eigenvalue weighted by Crippen LogP contribution is -2.60. The molecule has 3 N–H and O–H groups in total. The number of fused-ring (bicyclic) bond motifs is 1. The lowest BCUT2D eigenvalue weighted by atomic mass is 9.82. The summed E-state index contributed by atoms with van der Waals surface area (Å²) in [6.45, 7) is 15.3. The summed E-state index contributed by atoms with van der Waals surface area (Å²) in [5.41, 5.74) is -0.678. The van der Waals surface area contributed by atoms with Gasteiger partial charge in [-0.2, -0.15) is 0 Å². The van der Waals surface area contributed by atoms with E-state index in [0.717, 1.165) is 0 Å². The minimum atomic E-state index is -1.39. The number of hydrogen-bond donors (Lipinski definition) is 3. The third-order valence-corrected chi connectivity index (χ3v) is 10.9. The summed E-state index contributed by atoms with van der Waals surface area (Å²) in [5.74, 6) is -3.34. The number of carbonyl (C=O) groups excluding carboxylic acids is 7. The maximum Gasteiger partial charge on any atom is 0.329 e. The fourth-order valence-electron chi connectivity index (χ4n) is 7.27. The van der Waals surface area contributed by atoms with Crippen molar-refractivity contribution in [3.8, 4) is 12.3 Å². The second kappa shape index (κ2) is 20.5. The third kappa shape index (κ3) is 11.8. The van der Waals surface area contributed by atoms with E-state index >= 15 is 0 Å². The van der Waals surface area contributed by atoms with E-state index < -0.39 is 107 Å². The largest absolute Gasteiger partial charge is 0.460 e. The zero-order chi connectivity index (χ0) is 42.8. The van der Waals surface area contributed by atoms with E-state index in [0.29, 0.717) is 31.2 Å². The van der Waals surface area contributed by atoms with Gasteiger partial charge >= 0.3 is 11.9 Å². The molecule has 1 aromatic carbocycles. The van der Waals surface area contributed by atoms with Crippen molar-refractivity contribution in [2.75, 3.05) is 13.6 Å². The highest BCUT2D eigenvalue weighted by Gasteiger charge is 2.45. The van der Waals surface area contributed by atoms with Crippen LogP contribution < -0.4 is 16.0 Å². The summed E-state index contributed by atoms with van der Waals surface area (Å²) in [5, 5.41) is 8.31. The van der Waals surface area contributed by atoms with E-state index in [1.807, 2.05) is 6.07 Å². The van der Waals surface area contributed by atoms with Crippen molar-refractivity contribution in [3.63, 3.8) is 0 Å². The van der Waals surface area contributed by atoms with Crippen LogP contribution in [0.4, 0.5) is 0 Å². The van der Waals surface area contributed by atoms with E-state index in [1.54, 1.807) is 79.7 Å². The van der Waals surface area contributed by atoms with Crippen LogP contribution in [0.2, 0.25) is 0 Å². The van der Waals surface area contributed by atoms with Gasteiger partial charge in [-0.05, 0) is 69.8 Å². The lowest BCUT2D eigenvalue weighted by molar-refractivity contribution is -0.169. The van der Waals surface area contributed by atoms with Crippen LogP contribution in [0, 0.1) is 35.5 Å². The highest BCUT2D eigenvalue weighted by Crippen LogP contribution is 2.30. The first-order chi connectivity index (χ1) is 26.7. The SMILES string of the molecule is C#CCCC[C@@H]1OC(=O)[C@H](C)NC(=O)[C@H](C(C)C)NC(=O)[C@@H]2CCCN2C(=O)[C@H](Cc2ccccc2)OC(=O)[C@@H](C(C)C)N(C)C(=O)[C@H](C(C)C)NC(=O)C1(C)C. The van der Waals surface area contributed by atoms with Gasteiger partial charge < -0.3 is 35.2 Å². The molecule has 0 unspecified atom stereocenters. The number of amides is 5. The number of terminal acetylenes is 1. The highest BCUT2D eigenvalue weighted by molar-refractivity contribution is 5.96. The third-order valence-electron chi connectivity index (χ3n) is 10.9. The molecule has 0 aromatic heterocycles. The molecule has 314 valence electrons. The molecule has 57 heavy (non-hydrogen) atoms. The first-order valence-electron chi connectivity index (χ1n) is 20.1. The van der Waals surface area contributed by atoms with Gasteiger partial charge in [-0.1, -0.05) is 71.9 Å². The minimum Gasteiger partial charge on any atom is -0.460 e. The van der Waals surface area contributed by atoms with E-state index in [2.05, 4.69) is 21.9 Å². The van der Waals surface area contributed by atoms with Gasteiger partial charge in [-0.25, -0.2) is 9.59 Å². The van der Waals surface area contributed by atoms with Crippen molar-refractivity contribution in [2.45, 2.75) is 143 Å². The molecule has 3 rings (SSSR count). The lowest BCUT2D eigenvalue weighted by Gasteiger charge is -2.38. The molecule has 2 saturated heterocycles. The van der Waals surface area contributed by atoms with E-state index in [9.17, 15) is 33.6 Å². The van der Waals surface area contributed by atoms with Crippen molar-refractivity contribution < 1.29 is 43.0 Å². The maximum atomic E-state index is 14.4. The molecular formula is C43H63N5O9. The molecule has 2 fully saturated rings. The average molecular weight is 794 g/mol. The Balaban J connectivity index is 2.15. The second-order valence-corrected chi connectivity index (χ2v) is 16.8. The van der Waals surface area contributed by atoms with Gasteiger partial charge in [0.15, 0.2) is 6.10 Å². The number of cyclic esters (lactones) is 2. The Morgan fingerprint density at radius 3 is 2.04 bits per heavy atom. The number of nitrogens with zero attached hydrogens (tertiary/aromatic N) is 2. The molecule has 2 aliphatic heterocycles. The van der Waals surface area contributed by atoms with Crippen molar-refractivity contribution in [1.29, 1.82) is 0 Å². The Bertz CT molecular complexity index is 1650. The smallest absolute Gasteiger partial charge is 0.329 e. The van der Waals surface area contributed by atoms with Crippen LogP contribution in [0.5, 0.6) is 0 Å². The number of likely N-dealkylation sites (N-methyl/N-ethyl adjacent to an activating group) is 1. The van der Waals surface area contributed by atoms with Crippen molar-refractivity contribution in [2.24, 2.45) is 23.2 Å². The Labute approximate surface area is 337 Å². The first kappa shape index (κ1) is 46.5. The van der Waals surface area contributed by atoms with E-state index in [1.165, 1.54) is 23.8 Å². The average Bonchev–Trinajstić information content (AvgIpc) is 3.64. The normalized spacial score (nSPS) is 27.4. The van der Waals surface area contributed by atoms with Crippen molar-refractivity contribution in [3.05, 3.63) is 35.9 Å². The fourth-order valence-corrected chi connectivity index (χ4v) is 7.27. The van der Waals surface area contributed by atoms with Gasteiger partial charge in [0, 0.05) is 26.4 Å². The second-order valence-electron chi connectivity index (χ2n) is 16.8. The van der Waals surface area contributed by atoms with E-state index in [4.69, 9.17) is 15.9 Å². The van der Waals surface area contributed by atoms with Gasteiger partial charge in [0.1, 0.15) is 36.3 Å². The molecule has 7 atom stereocenters. The molecule has 2 aliphatic rings. The maximum absolute atomic E-state index is 14.4. The van der Waals surface area contributed by atoms with Crippen molar-refractivity contribution in [1.82, 2.24) is 25.8 Å². The number of esters is 2. The summed E-state index contributed by atoms with van der Waals surface area (Å²) in [6, 6.07) is 3.53. The van der Waals surface area contributed by atoms with Gasteiger partial charge in [0.25, 0.3) is 5.91 Å². The fraction of sp³-hybridized carbons (Fsp3) is 0.651. The zero-order valence-electron chi connectivity index (χ0n) is 35.3. The summed E-state index contributed by atoms with van der Waals surface area (Å²) in [7, 11) is 1.46. The van der Waals surface area contributed by atoms with Crippen LogP contribution in [-0.4, -0.2) is 107 Å². The Hall–Kier alpha value is -4.93. The summed E-state index contributed by atoms with van der Waals surface area (Å²) < 4.78 is 12.0. The summed E-state index contributed by atoms with van der Waals surface area (Å²) in [4.78, 5) is 101. The number of unbranched alkanes of at least 4 members (excludes halogenated alkanes) is 1. The molecule has 14 heteroatoms. The van der Waals surface area contributed by atoms with E-state index in [-0.39, 0.29) is 19.4 Å². The van der Waals surface area contributed by atoms with Crippen LogP contribution in [0.3, 0.4) is 0 Å². The van der Waals surface area contributed by atoms with Gasteiger partial charge in [-0.3, -0.25) is 24.0 Å². The highest BCUT2D eigenvalue weighted by atomic mass is 16.6. The Kier molecular flexibility index (Phi) is 16.7. The predicted octanol–water partition coefficient (Wildman–Crippen LogP) is 3.16. The first-order valence-corrected chi connectivity index (χ1v) is 20.1. The van der Waals surface area contributed by atoms with Gasteiger partial charge in [0.2, 0.25) is 23.6 Å². The van der Waals surface area contributed by atoms with Crippen LogP contribution in [0.1, 0.15) is 100.0 Å². The quantitative estimate of drug-likeness (QED) is 0.203. The van der Waals surface area contributed by atoms with Crippen LogP contribution in [0.25, 0.3) is 0 Å². The number of rotatable bonds is 8. The summed E-state index contributed by atoms with van der Waals surface area (Å²) in [6.07, 6.45) is 4.94. The molecular weight excluding hydrogens is 730 g/mol. The number of nitrogens with one attached hydrogen (secondary N) is 3. The molecule has 0 aliphatic carbocycles. The molecule has 0 radical (unpaired) electrons. The van der Waals surface area contributed by atoms with Crippen LogP contribution in [0.15, 0.2) is 30.3 Å². The monoisotopic (exact) mass is 793 g/mol. The number of hydrogen-bond acceptors (Lipinski definition) is 9. The number of carbonyl (C=O) groups is 7. The van der Waals surface area contributed by atoms with Crippen molar-refractivity contribution >= 4 is 41.5 Å². The number of ether oxygens (including phenoxy) is 2. The minimum absolute atomic E-state index is 0.00596. The molecule has 14 nitrogen and oxygen atoms in total. The van der Waals surface area contributed by atoms with Crippen LogP contribution in [-0.2, 0) is 49.5 Å². The molecule has 1 aromatic rings. The Morgan fingerprint density at radius 2 is 1.46 bits per heavy atom. The molecule has 0 saturated carbocycles. The predicted molar refractivity (Wildman–Crippen MR) is 214 cm³/mol. The van der Waals surface area contributed by atoms with Crippen LogP contribution >= 0.6 is 0 Å². The molecule has 2 heterocycles. The van der Waals surface area contributed by atoms with Gasteiger partial charge in [0.05, 0.1) is 5.41 Å². The van der Waals surface area contributed by atoms with Gasteiger partial charge in [-0.15, -0.1) is 12.3 Å². The zero-order valence-corrected chi connectivity index (χ0v) is 35.3. The number of benzene rings is 1. The molecule has 5 amide bonds. The molecule has 0 bridgehead atoms. The standard InChI is InChI=1S/C43H63N5O9/c1-12-13-15-22-32-43(9,10)42(55)46-34(26(4)5)39(52)47(11)35(27(6)7)41(54)56-31(24-29-19-16-14-17-20-29)38(51)48-23-18-21-30(48)36(49)45-33(25(2)3)37(50)44-28(8)40(53)57-32/h1,14,16-17,19-20,25-28,30-35H,13,15,18,21-24H2,2-11H3,(H,44,50)(H,45,49)(H,46,55)/t28-,30-,31-,32-,33-,34-,35+/m0/s1.